The summed E-state index contributed by atoms with van der Waals surface area (Å²) < 4.78 is 15.5. The predicted octanol–water partition coefficient (Wildman–Crippen LogP) is 3.32. The molecule has 0 aliphatic carbocycles. The zero-order valence-electron chi connectivity index (χ0n) is 15.9. The minimum absolute atomic E-state index is 0.245. The van der Waals surface area contributed by atoms with Crippen LogP contribution in [0.1, 0.15) is 17.5 Å². The number of carbonyl (C=O) groups is 2. The maximum absolute atomic E-state index is 12.7. The van der Waals surface area contributed by atoms with E-state index in [1.807, 2.05) is 0 Å². The molecule has 0 fully saturated rings. The Morgan fingerprint density at radius 3 is 2.79 bits per heavy atom. The Morgan fingerprint density at radius 2 is 2.07 bits per heavy atom. The van der Waals surface area contributed by atoms with E-state index in [4.69, 9.17) is 14.2 Å². The number of nitrogens with one attached hydrogen (secondary N) is 2. The number of urea groups is 1. The average Bonchev–Trinajstić information content (AvgIpc) is 3.08. The fraction of sp³-hybridized carbons (Fsp3) is 0.389. The van der Waals surface area contributed by atoms with Crippen LogP contribution in [0.2, 0.25) is 0 Å². The molecule has 1 aromatic carbocycles. The van der Waals surface area contributed by atoms with Gasteiger partial charge in [0.2, 0.25) is 0 Å². The minimum atomic E-state index is -0.534. The number of ether oxygens (including phenoxy) is 3. The van der Waals surface area contributed by atoms with Crippen LogP contribution in [0.25, 0.3) is 0 Å². The Morgan fingerprint density at radius 1 is 1.25 bits per heavy atom. The average molecular weight is 406 g/mol. The molecule has 0 unspecified atom stereocenters. The van der Waals surface area contributed by atoms with Crippen LogP contribution in [-0.4, -0.2) is 49.4 Å². The number of thiazole rings is 1. The molecule has 1 aliphatic rings. The quantitative estimate of drug-likeness (QED) is 0.790. The van der Waals surface area contributed by atoms with Crippen LogP contribution in [0.5, 0.6) is 11.5 Å². The number of hydrogen-bond acceptors (Lipinski definition) is 7. The van der Waals surface area contributed by atoms with Gasteiger partial charge in [-0.15, -0.1) is 0 Å². The molecule has 2 aromatic rings. The van der Waals surface area contributed by atoms with Gasteiger partial charge in [0, 0.05) is 17.8 Å². The van der Waals surface area contributed by atoms with Crippen molar-refractivity contribution in [1.82, 2.24) is 9.88 Å². The summed E-state index contributed by atoms with van der Waals surface area (Å²) in [5, 5.41) is 5.95. The number of carbonyl (C=O) groups excluding carboxylic acids is 2. The molecule has 0 saturated heterocycles. The van der Waals surface area contributed by atoms with Crippen molar-refractivity contribution in [2.75, 3.05) is 38.0 Å². The Labute approximate surface area is 166 Å². The molecule has 1 aromatic heterocycles. The van der Waals surface area contributed by atoms with Gasteiger partial charge in [-0.2, -0.15) is 0 Å². The van der Waals surface area contributed by atoms with Gasteiger partial charge in [-0.25, -0.2) is 14.6 Å². The lowest BCUT2D eigenvalue weighted by molar-refractivity contribution is 0.168. The van der Waals surface area contributed by atoms with Crippen molar-refractivity contribution >= 4 is 34.3 Å². The molecule has 2 N–H and O–H groups in total. The number of aromatic nitrogens is 1. The Kier molecular flexibility index (Phi) is 6.19. The summed E-state index contributed by atoms with van der Waals surface area (Å²) in [6.07, 6.45) is 0.0762. The normalized spacial score (nSPS) is 12.8. The van der Waals surface area contributed by atoms with Crippen molar-refractivity contribution in [2.24, 2.45) is 0 Å². The molecular formula is C18H22N4O5S. The van der Waals surface area contributed by atoms with Gasteiger partial charge >= 0.3 is 12.1 Å². The van der Waals surface area contributed by atoms with E-state index in [0.29, 0.717) is 48.4 Å². The highest BCUT2D eigenvalue weighted by Gasteiger charge is 2.25. The van der Waals surface area contributed by atoms with Crippen LogP contribution in [0.15, 0.2) is 18.2 Å². The molecule has 2 heterocycles. The van der Waals surface area contributed by atoms with Crippen molar-refractivity contribution in [3.05, 3.63) is 28.8 Å². The molecule has 10 heteroatoms. The van der Waals surface area contributed by atoms with Gasteiger partial charge in [-0.3, -0.25) is 5.32 Å². The first kappa shape index (κ1) is 19.7. The summed E-state index contributed by atoms with van der Waals surface area (Å²) in [5.41, 5.74) is 1.42. The highest BCUT2D eigenvalue weighted by atomic mass is 32.1. The summed E-state index contributed by atoms with van der Waals surface area (Å²) in [4.78, 5) is 31.3. The van der Waals surface area contributed by atoms with E-state index in [1.54, 1.807) is 37.1 Å². The molecule has 1 aliphatic heterocycles. The zero-order chi connectivity index (χ0) is 20.1. The van der Waals surface area contributed by atoms with E-state index in [2.05, 4.69) is 15.6 Å². The lowest BCUT2D eigenvalue weighted by Crippen LogP contribution is -2.38. The van der Waals surface area contributed by atoms with E-state index < -0.39 is 6.09 Å². The third kappa shape index (κ3) is 4.28. The second kappa shape index (κ2) is 8.79. The van der Waals surface area contributed by atoms with Crippen molar-refractivity contribution in [1.29, 1.82) is 0 Å². The van der Waals surface area contributed by atoms with Crippen LogP contribution in [0, 0.1) is 0 Å². The highest BCUT2D eigenvalue weighted by molar-refractivity contribution is 7.15. The monoisotopic (exact) mass is 406 g/mol. The number of benzene rings is 1. The maximum Gasteiger partial charge on any atom is 0.413 e. The van der Waals surface area contributed by atoms with Crippen LogP contribution in [0.4, 0.5) is 20.4 Å². The van der Waals surface area contributed by atoms with Gasteiger partial charge in [0.05, 0.1) is 38.8 Å². The van der Waals surface area contributed by atoms with Crippen LogP contribution in [0.3, 0.4) is 0 Å². The number of hydrogen-bond donors (Lipinski definition) is 2. The second-order valence-corrected chi connectivity index (χ2v) is 6.96. The highest BCUT2D eigenvalue weighted by Crippen LogP contribution is 2.35. The van der Waals surface area contributed by atoms with Crippen LogP contribution in [-0.2, 0) is 17.7 Å². The van der Waals surface area contributed by atoms with E-state index in [1.165, 1.54) is 18.4 Å². The smallest absolute Gasteiger partial charge is 0.413 e. The number of fused-ring (bicyclic) bond motifs is 1. The lowest BCUT2D eigenvalue weighted by Gasteiger charge is -2.26. The van der Waals surface area contributed by atoms with Gasteiger partial charge in [0.1, 0.15) is 0 Å². The van der Waals surface area contributed by atoms with Crippen LogP contribution >= 0.6 is 11.3 Å². The van der Waals surface area contributed by atoms with Gasteiger partial charge < -0.3 is 24.4 Å². The molecule has 0 atom stereocenters. The molecule has 3 rings (SSSR count). The molecule has 150 valence electrons. The number of anilines is 2. The second-order valence-electron chi connectivity index (χ2n) is 5.88. The Balaban J connectivity index is 1.68. The summed E-state index contributed by atoms with van der Waals surface area (Å²) in [7, 11) is 3.07. The number of para-hydroxylation sites is 1. The van der Waals surface area contributed by atoms with Gasteiger partial charge in [-0.05, 0) is 19.1 Å². The third-order valence-electron chi connectivity index (χ3n) is 4.15. The molecule has 3 amide bonds. The number of nitrogens with zero attached hydrogens (tertiary/aromatic N) is 2. The van der Waals surface area contributed by atoms with E-state index >= 15 is 0 Å². The maximum atomic E-state index is 12.7. The first-order valence-electron chi connectivity index (χ1n) is 8.75. The number of amides is 3. The standard InChI is InChI=1S/C18H22N4O5S/c1-4-27-18(24)21-16-19-11-8-9-22(10-14(11)28-16)17(23)20-12-6-5-7-13(25-2)15(12)26-3/h5-7H,4,8-10H2,1-3H3,(H,20,23)(H,19,21,24). The first-order chi connectivity index (χ1) is 13.5. The third-order valence-corrected chi connectivity index (χ3v) is 5.15. The van der Waals surface area contributed by atoms with Gasteiger partial charge in [-0.1, -0.05) is 17.4 Å². The van der Waals surface area contributed by atoms with Crippen molar-refractivity contribution in [3.8, 4) is 11.5 Å². The van der Waals surface area contributed by atoms with Gasteiger partial charge in [0.25, 0.3) is 0 Å². The fourth-order valence-corrected chi connectivity index (χ4v) is 3.87. The van der Waals surface area contributed by atoms with Crippen molar-refractivity contribution < 1.29 is 23.8 Å². The van der Waals surface area contributed by atoms with Crippen LogP contribution < -0.4 is 20.1 Å². The van der Waals surface area contributed by atoms with E-state index in [0.717, 1.165) is 10.6 Å². The molecule has 9 nitrogen and oxygen atoms in total. The fourth-order valence-electron chi connectivity index (χ4n) is 2.86. The zero-order valence-corrected chi connectivity index (χ0v) is 16.7. The first-order valence-corrected chi connectivity index (χ1v) is 9.56. The topological polar surface area (TPSA) is 102 Å². The van der Waals surface area contributed by atoms with E-state index in [9.17, 15) is 9.59 Å². The Hall–Kier alpha value is -3.01. The summed E-state index contributed by atoms with van der Waals surface area (Å²) in [5.74, 6) is 1.01. The summed E-state index contributed by atoms with van der Waals surface area (Å²) >= 11 is 1.34. The summed E-state index contributed by atoms with van der Waals surface area (Å²) in [6.45, 7) is 2.96. The Bertz CT molecular complexity index is 870. The molecule has 0 spiro atoms. The number of rotatable bonds is 5. The van der Waals surface area contributed by atoms with Crippen molar-refractivity contribution in [3.63, 3.8) is 0 Å². The van der Waals surface area contributed by atoms with E-state index in [-0.39, 0.29) is 6.03 Å². The van der Waals surface area contributed by atoms with Crippen molar-refractivity contribution in [2.45, 2.75) is 19.9 Å². The largest absolute Gasteiger partial charge is 0.493 e. The lowest BCUT2D eigenvalue weighted by atomic mass is 10.2. The number of methoxy groups -OCH3 is 2. The molecule has 0 saturated carbocycles. The minimum Gasteiger partial charge on any atom is -0.493 e. The molecule has 0 bridgehead atoms. The molecule has 0 radical (unpaired) electrons. The summed E-state index contributed by atoms with van der Waals surface area (Å²) in [6, 6.07) is 5.05. The predicted molar refractivity (Wildman–Crippen MR) is 105 cm³/mol. The van der Waals surface area contributed by atoms with Gasteiger partial charge in [0.15, 0.2) is 16.6 Å². The molecular weight excluding hydrogens is 384 g/mol. The molecule has 28 heavy (non-hydrogen) atoms. The SMILES string of the molecule is CCOC(=O)Nc1nc2c(s1)CN(C(=O)Nc1cccc(OC)c1OC)CC2.